The summed E-state index contributed by atoms with van der Waals surface area (Å²) in [6.07, 6.45) is 0. The van der Waals surface area contributed by atoms with Gasteiger partial charge in [0, 0.05) is 10.6 Å². The molecule has 19 heavy (non-hydrogen) atoms. The molecule has 2 aromatic rings. The quantitative estimate of drug-likeness (QED) is 0.824. The molecule has 2 N–H and O–H groups in total. The first kappa shape index (κ1) is 14.0. The van der Waals surface area contributed by atoms with Crippen LogP contribution in [-0.2, 0) is 0 Å². The molecule has 0 saturated heterocycles. The Bertz CT molecular complexity index is 579. The van der Waals surface area contributed by atoms with Gasteiger partial charge in [0.2, 0.25) is 0 Å². The Morgan fingerprint density at radius 2 is 1.53 bits per heavy atom. The number of hydrogen-bond donors (Lipinski definition) is 2. The zero-order valence-corrected chi connectivity index (χ0v) is 11.9. The summed E-state index contributed by atoms with van der Waals surface area (Å²) in [7, 11) is 0. The summed E-state index contributed by atoms with van der Waals surface area (Å²) in [4.78, 5) is 11.8. The lowest BCUT2D eigenvalue weighted by Crippen LogP contribution is -2.29. The molecule has 0 aliphatic heterocycles. The van der Waals surface area contributed by atoms with Gasteiger partial charge in [0.05, 0.1) is 15.7 Å². The molecule has 3 nitrogen and oxygen atoms in total. The molecular formula is C13H9Cl3N2O. The number of carbonyl (C=O) groups excluding carboxylic acids is 1. The third-order valence-electron chi connectivity index (χ3n) is 2.34. The molecule has 2 aromatic carbocycles. The van der Waals surface area contributed by atoms with E-state index in [0.29, 0.717) is 26.3 Å². The summed E-state index contributed by atoms with van der Waals surface area (Å²) in [5.41, 5.74) is 6.12. The van der Waals surface area contributed by atoms with Crippen LogP contribution >= 0.6 is 34.8 Å². The van der Waals surface area contributed by atoms with Crippen LogP contribution in [-0.4, -0.2) is 5.91 Å². The van der Waals surface area contributed by atoms with E-state index in [1.54, 1.807) is 24.3 Å². The van der Waals surface area contributed by atoms with Crippen LogP contribution in [0.4, 0.5) is 5.69 Å². The zero-order chi connectivity index (χ0) is 13.8. The molecule has 0 radical (unpaired) electrons. The van der Waals surface area contributed by atoms with Crippen molar-refractivity contribution in [3.8, 4) is 0 Å². The van der Waals surface area contributed by atoms with Crippen LogP contribution in [0.5, 0.6) is 0 Å². The fraction of sp³-hybridized carbons (Fsp3) is 0. The minimum absolute atomic E-state index is 0.289. The third-order valence-corrected chi connectivity index (χ3v) is 3.16. The average Bonchev–Trinajstić information content (AvgIpc) is 2.38. The number of benzene rings is 2. The Morgan fingerprint density at radius 1 is 0.947 bits per heavy atom. The Labute approximate surface area is 125 Å². The van der Waals surface area contributed by atoms with Crippen molar-refractivity contribution < 1.29 is 4.79 Å². The van der Waals surface area contributed by atoms with E-state index in [9.17, 15) is 4.79 Å². The van der Waals surface area contributed by atoms with Crippen molar-refractivity contribution in [2.75, 3.05) is 5.43 Å². The second kappa shape index (κ2) is 6.15. The van der Waals surface area contributed by atoms with E-state index in [0.717, 1.165) is 0 Å². The molecule has 0 saturated carbocycles. The van der Waals surface area contributed by atoms with Gasteiger partial charge in [-0.15, -0.1) is 0 Å². The van der Waals surface area contributed by atoms with Crippen molar-refractivity contribution in [2.45, 2.75) is 0 Å². The number of halogens is 3. The summed E-state index contributed by atoms with van der Waals surface area (Å²) in [5.74, 6) is -0.289. The topological polar surface area (TPSA) is 41.1 Å². The Hall–Kier alpha value is -1.42. The number of anilines is 1. The lowest BCUT2D eigenvalue weighted by atomic mass is 10.2. The van der Waals surface area contributed by atoms with E-state index in [4.69, 9.17) is 34.8 Å². The third kappa shape index (κ3) is 3.53. The van der Waals surface area contributed by atoms with Crippen LogP contribution in [0, 0.1) is 0 Å². The van der Waals surface area contributed by atoms with Crippen molar-refractivity contribution in [1.29, 1.82) is 0 Å². The van der Waals surface area contributed by atoms with Crippen molar-refractivity contribution in [3.63, 3.8) is 0 Å². The number of carbonyl (C=O) groups is 1. The van der Waals surface area contributed by atoms with Crippen LogP contribution in [0.25, 0.3) is 0 Å². The van der Waals surface area contributed by atoms with E-state index < -0.39 is 0 Å². The van der Waals surface area contributed by atoms with Gasteiger partial charge in [0.25, 0.3) is 5.91 Å². The van der Waals surface area contributed by atoms with Gasteiger partial charge in [0.15, 0.2) is 0 Å². The summed E-state index contributed by atoms with van der Waals surface area (Å²) in [6.45, 7) is 0. The highest BCUT2D eigenvalue weighted by molar-refractivity contribution is 6.41. The van der Waals surface area contributed by atoms with Gasteiger partial charge < -0.3 is 0 Å². The summed E-state index contributed by atoms with van der Waals surface area (Å²) < 4.78 is 0. The average molecular weight is 316 g/mol. The van der Waals surface area contributed by atoms with E-state index in [1.165, 1.54) is 12.1 Å². The lowest BCUT2D eigenvalue weighted by molar-refractivity contribution is 0.0962. The van der Waals surface area contributed by atoms with Gasteiger partial charge in [-0.2, -0.15) is 0 Å². The number of hydrogen-bond acceptors (Lipinski definition) is 2. The monoisotopic (exact) mass is 314 g/mol. The second-order valence-corrected chi connectivity index (χ2v) is 4.94. The van der Waals surface area contributed by atoms with E-state index in [2.05, 4.69) is 10.9 Å². The molecule has 0 spiro atoms. The molecular weight excluding hydrogens is 307 g/mol. The maximum absolute atomic E-state index is 11.8. The number of hydrazine groups is 1. The number of nitrogens with one attached hydrogen (secondary N) is 2. The van der Waals surface area contributed by atoms with Gasteiger partial charge in [-0.3, -0.25) is 15.6 Å². The Morgan fingerprint density at radius 3 is 2.11 bits per heavy atom. The van der Waals surface area contributed by atoms with Crippen molar-refractivity contribution in [1.82, 2.24) is 5.43 Å². The molecule has 0 aliphatic carbocycles. The standard InChI is InChI=1S/C13H9Cl3N2O/c14-9-6-10(15)12(11(16)7-9)17-18-13(19)8-4-2-1-3-5-8/h1-7,17H,(H,18,19). The maximum Gasteiger partial charge on any atom is 0.269 e. The largest absolute Gasteiger partial charge is 0.295 e. The fourth-order valence-corrected chi connectivity index (χ4v) is 2.35. The smallest absolute Gasteiger partial charge is 0.269 e. The van der Waals surface area contributed by atoms with Gasteiger partial charge in [-0.1, -0.05) is 53.0 Å². The summed E-state index contributed by atoms with van der Waals surface area (Å²) >= 11 is 17.8. The molecule has 2 rings (SSSR count). The van der Waals surface area contributed by atoms with E-state index in [-0.39, 0.29) is 5.91 Å². The molecule has 0 aliphatic rings. The highest BCUT2D eigenvalue weighted by Gasteiger charge is 2.09. The summed E-state index contributed by atoms with van der Waals surface area (Å²) in [5, 5.41) is 1.08. The normalized spacial score (nSPS) is 10.1. The van der Waals surface area contributed by atoms with Crippen LogP contribution in [0.15, 0.2) is 42.5 Å². The Kier molecular flexibility index (Phi) is 4.53. The molecule has 0 heterocycles. The van der Waals surface area contributed by atoms with Crippen molar-refractivity contribution in [2.24, 2.45) is 0 Å². The molecule has 0 unspecified atom stereocenters. The van der Waals surface area contributed by atoms with Gasteiger partial charge in [-0.05, 0) is 24.3 Å². The molecule has 6 heteroatoms. The van der Waals surface area contributed by atoms with Gasteiger partial charge in [-0.25, -0.2) is 0 Å². The van der Waals surface area contributed by atoms with E-state index >= 15 is 0 Å². The predicted octanol–water partition coefficient (Wildman–Crippen LogP) is 4.40. The molecule has 0 bridgehead atoms. The molecule has 0 atom stereocenters. The van der Waals surface area contributed by atoms with Crippen molar-refractivity contribution in [3.05, 3.63) is 63.1 Å². The molecule has 0 aromatic heterocycles. The van der Waals surface area contributed by atoms with Crippen LogP contribution in [0.1, 0.15) is 10.4 Å². The first-order valence-electron chi connectivity index (χ1n) is 5.34. The molecule has 98 valence electrons. The van der Waals surface area contributed by atoms with Gasteiger partial charge >= 0.3 is 0 Å². The minimum Gasteiger partial charge on any atom is -0.295 e. The lowest BCUT2D eigenvalue weighted by Gasteiger charge is -2.12. The van der Waals surface area contributed by atoms with Crippen molar-refractivity contribution >= 4 is 46.4 Å². The number of amides is 1. The van der Waals surface area contributed by atoms with Crippen LogP contribution < -0.4 is 10.9 Å². The van der Waals surface area contributed by atoms with E-state index in [1.807, 2.05) is 6.07 Å². The first-order valence-corrected chi connectivity index (χ1v) is 6.47. The highest BCUT2D eigenvalue weighted by Crippen LogP contribution is 2.33. The Balaban J connectivity index is 2.10. The highest BCUT2D eigenvalue weighted by atomic mass is 35.5. The second-order valence-electron chi connectivity index (χ2n) is 3.69. The first-order chi connectivity index (χ1) is 9.08. The molecule has 0 fully saturated rings. The summed E-state index contributed by atoms with van der Waals surface area (Å²) in [6, 6.07) is 11.8. The fourth-order valence-electron chi connectivity index (χ4n) is 1.44. The predicted molar refractivity (Wildman–Crippen MR) is 79.0 cm³/mol. The van der Waals surface area contributed by atoms with Gasteiger partial charge in [0.1, 0.15) is 0 Å². The number of rotatable bonds is 3. The minimum atomic E-state index is -0.289. The maximum atomic E-state index is 11.8. The van der Waals surface area contributed by atoms with Crippen LogP contribution in [0.3, 0.4) is 0 Å². The molecule has 1 amide bonds. The zero-order valence-electron chi connectivity index (χ0n) is 9.58. The SMILES string of the molecule is O=C(NNc1c(Cl)cc(Cl)cc1Cl)c1ccccc1. The van der Waals surface area contributed by atoms with Crippen LogP contribution in [0.2, 0.25) is 15.1 Å².